The fraction of sp³-hybridized carbons (Fsp3) is 0.412. The fourth-order valence-corrected chi connectivity index (χ4v) is 2.41. The van der Waals surface area contributed by atoms with Gasteiger partial charge in [-0.25, -0.2) is 4.79 Å². The summed E-state index contributed by atoms with van der Waals surface area (Å²) in [7, 11) is 0. The van der Waals surface area contributed by atoms with Crippen LogP contribution >= 0.6 is 15.9 Å². The Labute approximate surface area is 144 Å². The summed E-state index contributed by atoms with van der Waals surface area (Å²) in [6, 6.07) is 8.38. The number of aliphatic carboxylic acids is 1. The van der Waals surface area contributed by atoms with Crippen molar-refractivity contribution in [3.8, 4) is 5.88 Å². The van der Waals surface area contributed by atoms with E-state index in [0.717, 1.165) is 5.56 Å². The lowest BCUT2D eigenvalue weighted by Gasteiger charge is -2.19. The number of aromatic nitrogens is 2. The number of hydrogen-bond acceptors (Lipinski definition) is 3. The highest BCUT2D eigenvalue weighted by atomic mass is 79.9. The molecular formula is C17H21BrN2O3. The average Bonchev–Trinajstić information content (AvgIpc) is 2.78. The molecule has 1 aromatic carbocycles. The van der Waals surface area contributed by atoms with Gasteiger partial charge in [0.05, 0.1) is 11.0 Å². The van der Waals surface area contributed by atoms with Crippen molar-refractivity contribution < 1.29 is 14.6 Å². The molecule has 0 amide bonds. The third-order valence-corrected chi connectivity index (χ3v) is 4.09. The molecular weight excluding hydrogens is 360 g/mol. The number of benzene rings is 1. The van der Waals surface area contributed by atoms with Crippen LogP contribution in [0.1, 0.15) is 44.7 Å². The Bertz CT molecular complexity index is 690. The number of carboxylic acid groups (broad SMARTS) is 1. The van der Waals surface area contributed by atoms with Gasteiger partial charge in [-0.05, 0) is 46.8 Å². The van der Waals surface area contributed by atoms with Gasteiger partial charge in [0.2, 0.25) is 11.5 Å². The first-order valence-corrected chi connectivity index (χ1v) is 8.22. The summed E-state index contributed by atoms with van der Waals surface area (Å²) < 4.78 is 7.84. The number of nitrogens with zero attached hydrogens (tertiary/aromatic N) is 2. The molecule has 23 heavy (non-hydrogen) atoms. The third-order valence-electron chi connectivity index (χ3n) is 3.54. The van der Waals surface area contributed by atoms with Crippen molar-refractivity contribution >= 4 is 21.9 Å². The van der Waals surface area contributed by atoms with Gasteiger partial charge in [0.1, 0.15) is 0 Å². The van der Waals surface area contributed by atoms with E-state index in [4.69, 9.17) is 9.84 Å². The highest BCUT2D eigenvalue weighted by Crippen LogP contribution is 2.27. The van der Waals surface area contributed by atoms with Gasteiger partial charge in [0, 0.05) is 6.20 Å². The maximum Gasteiger partial charge on any atom is 0.347 e. The highest BCUT2D eigenvalue weighted by molar-refractivity contribution is 9.10. The lowest BCUT2D eigenvalue weighted by molar-refractivity contribution is -0.152. The second-order valence-corrected chi connectivity index (χ2v) is 7.15. The highest BCUT2D eigenvalue weighted by Gasteiger charge is 2.31. The van der Waals surface area contributed by atoms with Crippen LogP contribution in [0.5, 0.6) is 5.88 Å². The standard InChI is InChI=1S/C17H21BrN2O3/c1-11(2)13-7-5-12(6-8-13)9-20-10-14(18)15(19-20)23-17(3,4)16(21)22/h5-8,10-11H,9H2,1-4H3,(H,21,22). The van der Waals surface area contributed by atoms with Crippen molar-refractivity contribution in [3.63, 3.8) is 0 Å². The summed E-state index contributed by atoms with van der Waals surface area (Å²) in [6.07, 6.45) is 1.78. The molecule has 2 rings (SSSR count). The first kappa shape index (κ1) is 17.5. The van der Waals surface area contributed by atoms with Gasteiger partial charge in [0.25, 0.3) is 0 Å². The van der Waals surface area contributed by atoms with Gasteiger partial charge in [-0.3, -0.25) is 4.68 Å². The van der Waals surface area contributed by atoms with E-state index < -0.39 is 11.6 Å². The maximum absolute atomic E-state index is 11.1. The quantitative estimate of drug-likeness (QED) is 0.820. The van der Waals surface area contributed by atoms with Crippen LogP contribution in [0.25, 0.3) is 0 Å². The first-order valence-electron chi connectivity index (χ1n) is 7.43. The molecule has 0 fully saturated rings. The Morgan fingerprint density at radius 2 is 1.96 bits per heavy atom. The Morgan fingerprint density at radius 1 is 1.35 bits per heavy atom. The predicted molar refractivity (Wildman–Crippen MR) is 91.9 cm³/mol. The van der Waals surface area contributed by atoms with E-state index in [-0.39, 0.29) is 5.88 Å². The minimum atomic E-state index is -1.33. The van der Waals surface area contributed by atoms with Crippen molar-refractivity contribution in [2.45, 2.75) is 45.8 Å². The number of carbonyl (C=O) groups is 1. The van der Waals surface area contributed by atoms with Crippen LogP contribution in [0.4, 0.5) is 0 Å². The summed E-state index contributed by atoms with van der Waals surface area (Å²) in [5, 5.41) is 13.4. The molecule has 0 aliphatic rings. The molecule has 0 bridgehead atoms. The Kier molecular flexibility index (Phi) is 5.14. The molecule has 0 atom stereocenters. The molecule has 0 aliphatic carbocycles. The zero-order valence-corrected chi connectivity index (χ0v) is 15.3. The van der Waals surface area contributed by atoms with Crippen LogP contribution in [0.15, 0.2) is 34.9 Å². The molecule has 1 heterocycles. The minimum absolute atomic E-state index is 0.274. The van der Waals surface area contributed by atoms with Gasteiger partial charge in [0.15, 0.2) is 0 Å². The molecule has 0 aliphatic heterocycles. The van der Waals surface area contributed by atoms with E-state index in [1.807, 2.05) is 0 Å². The van der Waals surface area contributed by atoms with E-state index >= 15 is 0 Å². The molecule has 0 unspecified atom stereocenters. The van der Waals surface area contributed by atoms with E-state index in [2.05, 4.69) is 59.1 Å². The lowest BCUT2D eigenvalue weighted by Crippen LogP contribution is -2.38. The number of carboxylic acids is 1. The molecule has 0 radical (unpaired) electrons. The largest absolute Gasteiger partial charge is 0.478 e. The van der Waals surface area contributed by atoms with Gasteiger partial charge >= 0.3 is 5.97 Å². The van der Waals surface area contributed by atoms with Crippen molar-refractivity contribution in [1.29, 1.82) is 0 Å². The lowest BCUT2D eigenvalue weighted by atomic mass is 10.0. The van der Waals surface area contributed by atoms with Crippen LogP contribution < -0.4 is 4.74 Å². The zero-order chi connectivity index (χ0) is 17.2. The van der Waals surface area contributed by atoms with Gasteiger partial charge in [-0.1, -0.05) is 38.1 Å². The Balaban J connectivity index is 2.13. The summed E-state index contributed by atoms with van der Waals surface area (Å²) in [6.45, 7) is 7.89. The molecule has 0 spiro atoms. The maximum atomic E-state index is 11.1. The molecule has 2 aromatic rings. The SMILES string of the molecule is CC(C)c1ccc(Cn2cc(Br)c(OC(C)(C)C(=O)O)n2)cc1. The second-order valence-electron chi connectivity index (χ2n) is 6.29. The van der Waals surface area contributed by atoms with Crippen LogP contribution in [-0.2, 0) is 11.3 Å². The van der Waals surface area contributed by atoms with Crippen molar-refractivity contribution in [3.05, 3.63) is 46.1 Å². The predicted octanol–water partition coefficient (Wildman–Crippen LogP) is 4.06. The summed E-state index contributed by atoms with van der Waals surface area (Å²) in [4.78, 5) is 11.1. The first-order chi connectivity index (χ1) is 10.7. The molecule has 0 saturated carbocycles. The number of ether oxygens (including phenoxy) is 1. The molecule has 124 valence electrons. The molecule has 0 saturated heterocycles. The normalized spacial score (nSPS) is 11.7. The van der Waals surface area contributed by atoms with Crippen molar-refractivity contribution in [1.82, 2.24) is 9.78 Å². The number of hydrogen-bond donors (Lipinski definition) is 1. The Morgan fingerprint density at radius 3 is 2.48 bits per heavy atom. The van der Waals surface area contributed by atoms with E-state index in [0.29, 0.717) is 16.9 Å². The molecule has 1 aromatic heterocycles. The number of rotatable bonds is 6. The number of halogens is 1. The van der Waals surface area contributed by atoms with Crippen LogP contribution in [0.2, 0.25) is 0 Å². The average molecular weight is 381 g/mol. The fourth-order valence-electron chi connectivity index (χ4n) is 2.01. The van der Waals surface area contributed by atoms with Crippen molar-refractivity contribution in [2.24, 2.45) is 0 Å². The van der Waals surface area contributed by atoms with Gasteiger partial charge < -0.3 is 9.84 Å². The monoisotopic (exact) mass is 380 g/mol. The molecule has 5 nitrogen and oxygen atoms in total. The summed E-state index contributed by atoms with van der Waals surface area (Å²) in [5.41, 5.74) is 1.08. The topological polar surface area (TPSA) is 64.3 Å². The van der Waals surface area contributed by atoms with Crippen LogP contribution in [-0.4, -0.2) is 26.5 Å². The zero-order valence-electron chi connectivity index (χ0n) is 13.7. The molecule has 6 heteroatoms. The van der Waals surface area contributed by atoms with E-state index in [1.54, 1.807) is 10.9 Å². The minimum Gasteiger partial charge on any atom is -0.478 e. The van der Waals surface area contributed by atoms with Gasteiger partial charge in [-0.2, -0.15) is 0 Å². The Hall–Kier alpha value is -1.82. The summed E-state index contributed by atoms with van der Waals surface area (Å²) in [5.74, 6) is -0.263. The smallest absolute Gasteiger partial charge is 0.347 e. The second kappa shape index (κ2) is 6.74. The van der Waals surface area contributed by atoms with E-state index in [9.17, 15) is 4.79 Å². The van der Waals surface area contributed by atoms with E-state index in [1.165, 1.54) is 19.4 Å². The molecule has 1 N–H and O–H groups in total. The summed E-state index contributed by atoms with van der Waals surface area (Å²) >= 11 is 3.36. The van der Waals surface area contributed by atoms with Gasteiger partial charge in [-0.15, -0.1) is 5.10 Å². The van der Waals surface area contributed by atoms with Crippen molar-refractivity contribution in [2.75, 3.05) is 0 Å². The van der Waals surface area contributed by atoms with Crippen LogP contribution in [0, 0.1) is 0 Å². The van der Waals surface area contributed by atoms with Crippen LogP contribution in [0.3, 0.4) is 0 Å². The third kappa shape index (κ3) is 4.34.